The lowest BCUT2D eigenvalue weighted by Gasteiger charge is -2.21. The summed E-state index contributed by atoms with van der Waals surface area (Å²) >= 11 is 0. The summed E-state index contributed by atoms with van der Waals surface area (Å²) < 4.78 is 5.13. The van der Waals surface area contributed by atoms with Gasteiger partial charge in [-0.2, -0.15) is 0 Å². The first-order chi connectivity index (χ1) is 8.83. The summed E-state index contributed by atoms with van der Waals surface area (Å²) in [5.41, 5.74) is 2.12. The van der Waals surface area contributed by atoms with Crippen LogP contribution in [0, 0.1) is 0 Å². The van der Waals surface area contributed by atoms with Gasteiger partial charge >= 0.3 is 0 Å². The molecule has 1 heterocycles. The van der Waals surface area contributed by atoms with E-state index in [1.54, 1.807) is 26.6 Å². The minimum Gasteiger partial charge on any atom is -0.497 e. The van der Waals surface area contributed by atoms with Gasteiger partial charge in [-0.1, -0.05) is 12.1 Å². The minimum atomic E-state index is 0.671. The lowest BCUT2D eigenvalue weighted by atomic mass is 10.2. The van der Waals surface area contributed by atoms with Crippen LogP contribution >= 0.6 is 0 Å². The third-order valence-corrected chi connectivity index (χ3v) is 2.66. The van der Waals surface area contributed by atoms with E-state index in [-0.39, 0.29) is 0 Å². The molecular formula is C14H16N2O2. The van der Waals surface area contributed by atoms with Crippen LogP contribution in [0.25, 0.3) is 0 Å². The maximum atomic E-state index is 5.37. The van der Waals surface area contributed by atoms with Gasteiger partial charge in [0, 0.05) is 12.4 Å². The molecule has 0 unspecified atom stereocenters. The second-order valence-electron chi connectivity index (χ2n) is 3.77. The molecule has 94 valence electrons. The molecule has 0 spiro atoms. The predicted molar refractivity (Wildman–Crippen MR) is 70.4 cm³/mol. The zero-order valence-electron chi connectivity index (χ0n) is 10.5. The van der Waals surface area contributed by atoms with Gasteiger partial charge in [0.25, 0.3) is 0 Å². The van der Waals surface area contributed by atoms with Gasteiger partial charge in [-0.3, -0.25) is 9.82 Å². The van der Waals surface area contributed by atoms with E-state index in [1.807, 2.05) is 41.5 Å². The number of hydroxylamine groups is 1. The fraction of sp³-hybridized carbons (Fsp3) is 0.214. The standard InChI is InChI=1S/C14H16N2O2/c1-17-14-5-3-12(4-6-14)11-16(18-2)13-7-9-15-10-8-13/h3-10H,11H2,1-2H3. The van der Waals surface area contributed by atoms with E-state index in [4.69, 9.17) is 9.57 Å². The Hall–Kier alpha value is -2.07. The SMILES string of the molecule is COc1ccc(CN(OC)c2ccncc2)cc1. The Kier molecular flexibility index (Phi) is 4.15. The zero-order valence-corrected chi connectivity index (χ0v) is 10.5. The quantitative estimate of drug-likeness (QED) is 0.757. The molecule has 0 aliphatic carbocycles. The zero-order chi connectivity index (χ0) is 12.8. The second-order valence-corrected chi connectivity index (χ2v) is 3.77. The summed E-state index contributed by atoms with van der Waals surface area (Å²) in [6, 6.07) is 11.7. The number of anilines is 1. The molecule has 0 N–H and O–H groups in total. The van der Waals surface area contributed by atoms with Crippen LogP contribution in [0.3, 0.4) is 0 Å². The van der Waals surface area contributed by atoms with Crippen LogP contribution in [0.2, 0.25) is 0 Å². The van der Waals surface area contributed by atoms with Crippen molar-refractivity contribution in [2.75, 3.05) is 19.3 Å². The molecule has 0 bridgehead atoms. The minimum absolute atomic E-state index is 0.671. The molecular weight excluding hydrogens is 228 g/mol. The summed E-state index contributed by atoms with van der Waals surface area (Å²) in [7, 11) is 3.32. The Labute approximate surface area is 107 Å². The number of benzene rings is 1. The highest BCUT2D eigenvalue weighted by Gasteiger charge is 2.06. The van der Waals surface area contributed by atoms with Crippen molar-refractivity contribution in [3.63, 3.8) is 0 Å². The molecule has 4 nitrogen and oxygen atoms in total. The Bertz CT molecular complexity index is 471. The molecule has 1 aromatic heterocycles. The smallest absolute Gasteiger partial charge is 0.118 e. The van der Waals surface area contributed by atoms with Crippen LogP contribution in [0.1, 0.15) is 5.56 Å². The number of methoxy groups -OCH3 is 1. The van der Waals surface area contributed by atoms with Gasteiger partial charge in [-0.25, -0.2) is 5.06 Å². The van der Waals surface area contributed by atoms with Crippen LogP contribution in [-0.2, 0) is 11.4 Å². The molecule has 0 amide bonds. The van der Waals surface area contributed by atoms with Crippen molar-refractivity contribution in [3.05, 3.63) is 54.4 Å². The third kappa shape index (κ3) is 2.99. The topological polar surface area (TPSA) is 34.6 Å². The maximum Gasteiger partial charge on any atom is 0.118 e. The summed E-state index contributed by atoms with van der Waals surface area (Å²) in [4.78, 5) is 9.36. The highest BCUT2D eigenvalue weighted by atomic mass is 16.7. The number of aromatic nitrogens is 1. The van der Waals surface area contributed by atoms with E-state index in [2.05, 4.69) is 4.98 Å². The molecule has 2 aromatic rings. The van der Waals surface area contributed by atoms with Gasteiger partial charge in [-0.05, 0) is 29.8 Å². The van der Waals surface area contributed by atoms with Gasteiger partial charge in [0.15, 0.2) is 0 Å². The highest BCUT2D eigenvalue weighted by molar-refractivity contribution is 5.42. The first-order valence-corrected chi connectivity index (χ1v) is 5.68. The molecule has 0 fully saturated rings. The first-order valence-electron chi connectivity index (χ1n) is 5.68. The Morgan fingerprint density at radius 2 is 1.67 bits per heavy atom. The highest BCUT2D eigenvalue weighted by Crippen LogP contribution is 2.18. The monoisotopic (exact) mass is 244 g/mol. The number of rotatable bonds is 5. The van der Waals surface area contributed by atoms with Crippen LogP contribution in [-0.4, -0.2) is 19.2 Å². The van der Waals surface area contributed by atoms with E-state index in [0.29, 0.717) is 6.54 Å². The second kappa shape index (κ2) is 6.02. The molecule has 0 aliphatic rings. The molecule has 0 radical (unpaired) electrons. The molecule has 0 atom stereocenters. The first kappa shape index (κ1) is 12.4. The van der Waals surface area contributed by atoms with E-state index in [0.717, 1.165) is 17.0 Å². The Balaban J connectivity index is 2.10. The summed E-state index contributed by atoms with van der Waals surface area (Å²) in [5, 5.41) is 1.81. The number of pyridine rings is 1. The van der Waals surface area contributed by atoms with Gasteiger partial charge in [-0.15, -0.1) is 0 Å². The molecule has 2 rings (SSSR count). The van der Waals surface area contributed by atoms with Crippen molar-refractivity contribution in [1.82, 2.24) is 4.98 Å². The molecule has 4 heteroatoms. The van der Waals surface area contributed by atoms with Gasteiger partial charge < -0.3 is 4.74 Å². The third-order valence-electron chi connectivity index (χ3n) is 2.66. The fourth-order valence-electron chi connectivity index (χ4n) is 1.67. The number of hydrogen-bond acceptors (Lipinski definition) is 4. The summed E-state index contributed by atoms with van der Waals surface area (Å²) in [6.07, 6.45) is 3.49. The van der Waals surface area contributed by atoms with E-state index < -0.39 is 0 Å². The molecule has 1 aromatic carbocycles. The maximum absolute atomic E-state index is 5.37. The van der Waals surface area contributed by atoms with Gasteiger partial charge in [0.2, 0.25) is 0 Å². The average Bonchev–Trinajstić information content (AvgIpc) is 2.46. The number of nitrogens with zero attached hydrogens (tertiary/aromatic N) is 2. The Morgan fingerprint density at radius 1 is 1.00 bits per heavy atom. The largest absolute Gasteiger partial charge is 0.497 e. The summed E-state index contributed by atoms with van der Waals surface area (Å²) in [6.45, 7) is 0.671. The van der Waals surface area contributed by atoms with Crippen molar-refractivity contribution < 1.29 is 9.57 Å². The fourth-order valence-corrected chi connectivity index (χ4v) is 1.67. The number of ether oxygens (including phenoxy) is 1. The Morgan fingerprint density at radius 3 is 2.22 bits per heavy atom. The lowest BCUT2D eigenvalue weighted by molar-refractivity contribution is 0.163. The van der Waals surface area contributed by atoms with Crippen LogP contribution < -0.4 is 9.80 Å². The normalized spacial score (nSPS) is 10.1. The van der Waals surface area contributed by atoms with Crippen LogP contribution in [0.4, 0.5) is 5.69 Å². The molecule has 0 saturated carbocycles. The van der Waals surface area contributed by atoms with Crippen LogP contribution in [0.15, 0.2) is 48.8 Å². The predicted octanol–water partition coefficient (Wildman–Crippen LogP) is 2.66. The van der Waals surface area contributed by atoms with Crippen molar-refractivity contribution in [3.8, 4) is 5.75 Å². The molecule has 0 aliphatic heterocycles. The number of hydrogen-bond donors (Lipinski definition) is 0. The van der Waals surface area contributed by atoms with Crippen LogP contribution in [0.5, 0.6) is 5.75 Å². The van der Waals surface area contributed by atoms with E-state index in [1.165, 1.54) is 0 Å². The van der Waals surface area contributed by atoms with E-state index in [9.17, 15) is 0 Å². The van der Waals surface area contributed by atoms with Gasteiger partial charge in [0.05, 0.1) is 26.5 Å². The summed E-state index contributed by atoms with van der Waals surface area (Å²) in [5.74, 6) is 0.853. The van der Waals surface area contributed by atoms with Crippen molar-refractivity contribution in [1.29, 1.82) is 0 Å². The molecule has 0 saturated heterocycles. The van der Waals surface area contributed by atoms with E-state index >= 15 is 0 Å². The van der Waals surface area contributed by atoms with Crippen molar-refractivity contribution >= 4 is 5.69 Å². The van der Waals surface area contributed by atoms with Gasteiger partial charge in [0.1, 0.15) is 5.75 Å². The average molecular weight is 244 g/mol. The van der Waals surface area contributed by atoms with Crippen molar-refractivity contribution in [2.24, 2.45) is 0 Å². The molecule has 18 heavy (non-hydrogen) atoms. The van der Waals surface area contributed by atoms with Crippen molar-refractivity contribution in [2.45, 2.75) is 6.54 Å². The lowest BCUT2D eigenvalue weighted by Crippen LogP contribution is -2.20.